The second-order valence-corrected chi connectivity index (χ2v) is 4.60. The van der Waals surface area contributed by atoms with Crippen molar-refractivity contribution in [3.05, 3.63) is 18.0 Å². The van der Waals surface area contributed by atoms with E-state index < -0.39 is 5.54 Å². The first-order valence-corrected chi connectivity index (χ1v) is 5.19. The van der Waals surface area contributed by atoms with Crippen LogP contribution in [0.1, 0.15) is 31.7 Å². The number of methoxy groups -OCH3 is 1. The topological polar surface area (TPSA) is 70.1 Å². The third kappa shape index (κ3) is 3.06. The second kappa shape index (κ2) is 4.65. The molecule has 1 aromatic rings. The van der Waals surface area contributed by atoms with Gasteiger partial charge in [-0.3, -0.25) is 9.48 Å². The van der Waals surface area contributed by atoms with Gasteiger partial charge in [0.15, 0.2) is 0 Å². The second-order valence-electron chi connectivity index (χ2n) is 4.60. The molecule has 0 aromatic carbocycles. The first kappa shape index (κ1) is 12.7. The van der Waals surface area contributed by atoms with Gasteiger partial charge in [-0.25, -0.2) is 0 Å². The van der Waals surface area contributed by atoms with Gasteiger partial charge in [0.2, 0.25) is 0 Å². The van der Waals surface area contributed by atoms with Gasteiger partial charge in [0.05, 0.1) is 19.7 Å². The molecule has 0 saturated carbocycles. The van der Waals surface area contributed by atoms with E-state index in [2.05, 4.69) is 9.84 Å². The van der Waals surface area contributed by atoms with Crippen molar-refractivity contribution in [3.63, 3.8) is 0 Å². The molecule has 0 saturated heterocycles. The van der Waals surface area contributed by atoms with Crippen molar-refractivity contribution in [1.82, 2.24) is 9.78 Å². The quantitative estimate of drug-likeness (QED) is 0.770. The smallest absolute Gasteiger partial charge is 0.306 e. The minimum Gasteiger partial charge on any atom is -0.469 e. The number of rotatable bonds is 4. The Morgan fingerprint density at radius 1 is 1.69 bits per heavy atom. The third-order valence-electron chi connectivity index (χ3n) is 2.62. The van der Waals surface area contributed by atoms with E-state index in [1.54, 1.807) is 10.9 Å². The molecule has 1 rings (SSSR count). The normalized spacial score (nSPS) is 13.6. The molecule has 0 aliphatic heterocycles. The Morgan fingerprint density at radius 2 is 2.31 bits per heavy atom. The highest BCUT2D eigenvalue weighted by Crippen LogP contribution is 2.29. The number of hydrogen-bond acceptors (Lipinski definition) is 4. The summed E-state index contributed by atoms with van der Waals surface area (Å²) in [7, 11) is 3.22. The summed E-state index contributed by atoms with van der Waals surface area (Å²) in [5.41, 5.74) is 6.55. The van der Waals surface area contributed by atoms with Crippen LogP contribution in [0.15, 0.2) is 12.4 Å². The van der Waals surface area contributed by atoms with Gasteiger partial charge < -0.3 is 10.5 Å². The Bertz CT molecular complexity index is 366. The number of carbonyl (C=O) groups is 1. The van der Waals surface area contributed by atoms with Gasteiger partial charge >= 0.3 is 5.97 Å². The van der Waals surface area contributed by atoms with Crippen molar-refractivity contribution in [2.24, 2.45) is 12.8 Å². The zero-order valence-corrected chi connectivity index (χ0v) is 10.2. The number of carbonyl (C=O) groups excluding carboxylic acids is 1. The van der Waals surface area contributed by atoms with Gasteiger partial charge in [-0.15, -0.1) is 0 Å². The summed E-state index contributed by atoms with van der Waals surface area (Å²) in [4.78, 5) is 11.3. The summed E-state index contributed by atoms with van der Waals surface area (Å²) >= 11 is 0. The van der Waals surface area contributed by atoms with Crippen LogP contribution in [0.4, 0.5) is 0 Å². The Balaban J connectivity index is 2.92. The van der Waals surface area contributed by atoms with Crippen molar-refractivity contribution in [3.8, 4) is 0 Å². The van der Waals surface area contributed by atoms with Crippen LogP contribution in [-0.4, -0.2) is 28.4 Å². The number of esters is 1. The monoisotopic (exact) mass is 225 g/mol. The molecule has 1 heterocycles. The summed E-state index contributed by atoms with van der Waals surface area (Å²) in [6.07, 6.45) is 3.89. The number of nitrogens with two attached hydrogens (primary N) is 1. The lowest BCUT2D eigenvalue weighted by atomic mass is 9.82. The van der Waals surface area contributed by atoms with Crippen molar-refractivity contribution in [2.45, 2.75) is 31.7 Å². The molecule has 0 aliphatic rings. The Morgan fingerprint density at radius 3 is 2.69 bits per heavy atom. The van der Waals surface area contributed by atoms with Crippen molar-refractivity contribution in [2.75, 3.05) is 7.11 Å². The highest BCUT2D eigenvalue weighted by Gasteiger charge is 2.30. The average Bonchev–Trinajstić information content (AvgIpc) is 2.58. The summed E-state index contributed by atoms with van der Waals surface area (Å²) in [5.74, 6) is -0.346. The Kier molecular flexibility index (Phi) is 3.70. The van der Waals surface area contributed by atoms with Crippen LogP contribution in [0.3, 0.4) is 0 Å². The third-order valence-corrected chi connectivity index (χ3v) is 2.62. The fraction of sp³-hybridized carbons (Fsp3) is 0.636. The molecule has 5 nitrogen and oxygen atoms in total. The molecule has 16 heavy (non-hydrogen) atoms. The molecule has 90 valence electrons. The van der Waals surface area contributed by atoms with Crippen LogP contribution >= 0.6 is 0 Å². The van der Waals surface area contributed by atoms with Crippen LogP contribution < -0.4 is 5.73 Å². The molecule has 0 fully saturated rings. The Hall–Kier alpha value is -1.36. The molecule has 5 heteroatoms. The molecule has 2 N–H and O–H groups in total. The van der Waals surface area contributed by atoms with Crippen LogP contribution in [-0.2, 0) is 16.6 Å². The largest absolute Gasteiger partial charge is 0.469 e. The lowest BCUT2D eigenvalue weighted by Gasteiger charge is -2.28. The van der Waals surface area contributed by atoms with E-state index in [1.807, 2.05) is 27.1 Å². The van der Waals surface area contributed by atoms with Crippen LogP contribution in [0, 0.1) is 0 Å². The molecule has 0 radical (unpaired) electrons. The summed E-state index contributed by atoms with van der Waals surface area (Å²) in [6, 6.07) is 0. The summed E-state index contributed by atoms with van der Waals surface area (Å²) in [5, 5.41) is 4.09. The molecule has 0 bridgehead atoms. The maximum atomic E-state index is 11.3. The predicted molar refractivity (Wildman–Crippen MR) is 60.8 cm³/mol. The standard InChI is InChI=1S/C11H19N3O2/c1-11(2,12)9(5-10(15)16-4)8-6-13-14(3)7-8/h6-7,9H,5,12H2,1-4H3. The molecule has 0 amide bonds. The van der Waals surface area contributed by atoms with E-state index >= 15 is 0 Å². The van der Waals surface area contributed by atoms with Crippen LogP contribution in [0.5, 0.6) is 0 Å². The molecular weight excluding hydrogens is 206 g/mol. The zero-order valence-electron chi connectivity index (χ0n) is 10.2. The van der Waals surface area contributed by atoms with E-state index in [-0.39, 0.29) is 18.3 Å². The van der Waals surface area contributed by atoms with Gasteiger partial charge in [-0.2, -0.15) is 5.10 Å². The molecule has 1 atom stereocenters. The van der Waals surface area contributed by atoms with E-state index in [1.165, 1.54) is 7.11 Å². The zero-order chi connectivity index (χ0) is 12.3. The molecule has 0 spiro atoms. The van der Waals surface area contributed by atoms with Gasteiger partial charge in [0.1, 0.15) is 0 Å². The number of aromatic nitrogens is 2. The molecular formula is C11H19N3O2. The maximum Gasteiger partial charge on any atom is 0.306 e. The van der Waals surface area contributed by atoms with Gasteiger partial charge in [0.25, 0.3) is 0 Å². The number of aryl methyl sites for hydroxylation is 1. The van der Waals surface area contributed by atoms with Crippen molar-refractivity contribution in [1.29, 1.82) is 0 Å². The number of hydrogen-bond donors (Lipinski definition) is 1. The van der Waals surface area contributed by atoms with Gasteiger partial charge in [-0.1, -0.05) is 0 Å². The molecule has 1 aromatic heterocycles. The predicted octanol–water partition coefficient (Wildman–Crippen LogP) is 0.804. The first-order chi connectivity index (χ1) is 7.34. The summed E-state index contributed by atoms with van der Waals surface area (Å²) in [6.45, 7) is 3.79. The Labute approximate surface area is 95.6 Å². The lowest BCUT2D eigenvalue weighted by molar-refractivity contribution is -0.141. The molecule has 0 aliphatic carbocycles. The van der Waals surface area contributed by atoms with E-state index in [0.29, 0.717) is 0 Å². The minimum atomic E-state index is -0.489. The van der Waals surface area contributed by atoms with E-state index in [0.717, 1.165) is 5.56 Å². The van der Waals surface area contributed by atoms with Crippen LogP contribution in [0.25, 0.3) is 0 Å². The number of ether oxygens (including phenoxy) is 1. The van der Waals surface area contributed by atoms with Crippen molar-refractivity contribution >= 4 is 5.97 Å². The van der Waals surface area contributed by atoms with Gasteiger partial charge in [-0.05, 0) is 19.4 Å². The summed E-state index contributed by atoms with van der Waals surface area (Å²) < 4.78 is 6.38. The van der Waals surface area contributed by atoms with Crippen molar-refractivity contribution < 1.29 is 9.53 Å². The number of nitrogens with zero attached hydrogens (tertiary/aromatic N) is 2. The van der Waals surface area contributed by atoms with Gasteiger partial charge in [0, 0.05) is 24.7 Å². The van der Waals surface area contributed by atoms with E-state index in [9.17, 15) is 4.79 Å². The van der Waals surface area contributed by atoms with Crippen LogP contribution in [0.2, 0.25) is 0 Å². The fourth-order valence-electron chi connectivity index (χ4n) is 1.68. The molecule has 1 unspecified atom stereocenters. The van der Waals surface area contributed by atoms with E-state index in [4.69, 9.17) is 5.73 Å². The minimum absolute atomic E-state index is 0.0892. The fourth-order valence-corrected chi connectivity index (χ4v) is 1.68. The lowest BCUT2D eigenvalue weighted by Crippen LogP contribution is -2.40. The first-order valence-electron chi connectivity index (χ1n) is 5.19. The average molecular weight is 225 g/mol. The SMILES string of the molecule is COC(=O)CC(c1cnn(C)c1)C(C)(C)N. The highest BCUT2D eigenvalue weighted by atomic mass is 16.5. The highest BCUT2D eigenvalue weighted by molar-refractivity contribution is 5.70. The maximum absolute atomic E-state index is 11.3.